The maximum absolute atomic E-state index is 11.8. The van der Waals surface area contributed by atoms with Gasteiger partial charge in [0.15, 0.2) is 6.61 Å². The second-order valence-electron chi connectivity index (χ2n) is 4.87. The molecule has 2 amide bonds. The SMILES string of the molecule is N#Cc1ccc(OCC(=O)NCC(=O)Nc2cc(Cl)ccc2Cl)cc1. The van der Waals surface area contributed by atoms with Crippen LogP contribution in [0.4, 0.5) is 5.69 Å². The van der Waals surface area contributed by atoms with Crippen molar-refractivity contribution in [3.8, 4) is 11.8 Å². The molecule has 0 aromatic heterocycles. The Morgan fingerprint density at radius 1 is 1.08 bits per heavy atom. The number of benzene rings is 2. The van der Waals surface area contributed by atoms with E-state index in [9.17, 15) is 9.59 Å². The fourth-order valence-electron chi connectivity index (χ4n) is 1.79. The van der Waals surface area contributed by atoms with Crippen LogP contribution in [0, 0.1) is 11.3 Å². The molecule has 0 aliphatic rings. The predicted molar refractivity (Wildman–Crippen MR) is 94.8 cm³/mol. The third-order valence-electron chi connectivity index (χ3n) is 3.00. The standard InChI is InChI=1S/C17H13Cl2N3O3/c18-12-3-6-14(19)15(7-12)22-16(23)9-21-17(24)10-25-13-4-1-11(8-20)2-5-13/h1-7H,9-10H2,(H,21,24)(H,22,23). The van der Waals surface area contributed by atoms with Gasteiger partial charge in [0, 0.05) is 5.02 Å². The Bertz CT molecular complexity index is 817. The number of nitrogens with zero attached hydrogens (tertiary/aromatic N) is 1. The average molecular weight is 378 g/mol. The number of amides is 2. The number of nitriles is 1. The summed E-state index contributed by atoms with van der Waals surface area (Å²) >= 11 is 11.8. The van der Waals surface area contributed by atoms with Crippen molar-refractivity contribution in [2.24, 2.45) is 0 Å². The third kappa shape index (κ3) is 5.99. The molecule has 2 aromatic rings. The fraction of sp³-hybridized carbons (Fsp3) is 0.118. The molecule has 0 heterocycles. The summed E-state index contributed by atoms with van der Waals surface area (Å²) in [7, 11) is 0. The number of hydrogen-bond acceptors (Lipinski definition) is 4. The zero-order valence-electron chi connectivity index (χ0n) is 12.9. The lowest BCUT2D eigenvalue weighted by Gasteiger charge is -2.09. The zero-order valence-corrected chi connectivity index (χ0v) is 14.4. The first kappa shape index (κ1) is 18.6. The van der Waals surface area contributed by atoms with Crippen LogP contribution in [0.15, 0.2) is 42.5 Å². The minimum absolute atomic E-state index is 0.238. The van der Waals surface area contributed by atoms with Crippen LogP contribution in [-0.2, 0) is 9.59 Å². The van der Waals surface area contributed by atoms with Gasteiger partial charge in [0.05, 0.1) is 28.9 Å². The molecule has 0 unspecified atom stereocenters. The number of carbonyl (C=O) groups excluding carboxylic acids is 2. The van der Waals surface area contributed by atoms with Crippen LogP contribution in [0.2, 0.25) is 10.0 Å². The molecular formula is C17H13Cl2N3O3. The summed E-state index contributed by atoms with van der Waals surface area (Å²) in [6, 6.07) is 13.0. The van der Waals surface area contributed by atoms with E-state index in [4.69, 9.17) is 33.2 Å². The minimum atomic E-state index is -0.461. The summed E-state index contributed by atoms with van der Waals surface area (Å²) < 4.78 is 5.26. The van der Waals surface area contributed by atoms with Gasteiger partial charge in [-0.05, 0) is 42.5 Å². The normalized spacial score (nSPS) is 9.80. The van der Waals surface area contributed by atoms with Gasteiger partial charge in [0.2, 0.25) is 5.91 Å². The average Bonchev–Trinajstić information content (AvgIpc) is 2.61. The van der Waals surface area contributed by atoms with E-state index >= 15 is 0 Å². The molecule has 0 atom stereocenters. The molecule has 8 heteroatoms. The Morgan fingerprint density at radius 2 is 1.80 bits per heavy atom. The number of hydrogen-bond donors (Lipinski definition) is 2. The number of anilines is 1. The highest BCUT2D eigenvalue weighted by atomic mass is 35.5. The topological polar surface area (TPSA) is 91.2 Å². The Hall–Kier alpha value is -2.75. The molecule has 2 rings (SSSR count). The maximum Gasteiger partial charge on any atom is 0.258 e. The van der Waals surface area contributed by atoms with E-state index in [0.717, 1.165) is 0 Å². The van der Waals surface area contributed by atoms with Crippen molar-refractivity contribution in [3.05, 3.63) is 58.1 Å². The van der Waals surface area contributed by atoms with Gasteiger partial charge in [-0.1, -0.05) is 23.2 Å². The second kappa shape index (κ2) is 8.92. The molecule has 128 valence electrons. The number of halogens is 2. The van der Waals surface area contributed by atoms with Gasteiger partial charge >= 0.3 is 0 Å². The van der Waals surface area contributed by atoms with Crippen LogP contribution in [0.1, 0.15) is 5.56 Å². The molecule has 0 saturated carbocycles. The molecule has 0 fully saturated rings. The molecule has 0 radical (unpaired) electrons. The van der Waals surface area contributed by atoms with Crippen molar-refractivity contribution in [2.75, 3.05) is 18.5 Å². The van der Waals surface area contributed by atoms with Crippen molar-refractivity contribution in [1.29, 1.82) is 5.26 Å². The van der Waals surface area contributed by atoms with E-state index < -0.39 is 11.8 Å². The van der Waals surface area contributed by atoms with E-state index in [-0.39, 0.29) is 13.2 Å². The van der Waals surface area contributed by atoms with Crippen LogP contribution >= 0.6 is 23.2 Å². The van der Waals surface area contributed by atoms with E-state index in [2.05, 4.69) is 10.6 Å². The minimum Gasteiger partial charge on any atom is -0.484 e. The lowest BCUT2D eigenvalue weighted by atomic mass is 10.2. The van der Waals surface area contributed by atoms with Crippen molar-refractivity contribution in [3.63, 3.8) is 0 Å². The van der Waals surface area contributed by atoms with Crippen LogP contribution in [0.3, 0.4) is 0 Å². The molecule has 25 heavy (non-hydrogen) atoms. The van der Waals surface area contributed by atoms with Crippen molar-refractivity contribution >= 4 is 40.7 Å². The molecule has 0 spiro atoms. The Kier molecular flexibility index (Phi) is 6.63. The number of nitrogens with one attached hydrogen (secondary N) is 2. The first-order valence-electron chi connectivity index (χ1n) is 7.12. The number of ether oxygens (including phenoxy) is 1. The molecule has 0 saturated heterocycles. The monoisotopic (exact) mass is 377 g/mol. The maximum atomic E-state index is 11.8. The zero-order chi connectivity index (χ0) is 18.2. The molecule has 2 aromatic carbocycles. The number of carbonyl (C=O) groups is 2. The van der Waals surface area contributed by atoms with Crippen LogP contribution < -0.4 is 15.4 Å². The Morgan fingerprint density at radius 3 is 2.48 bits per heavy atom. The quantitative estimate of drug-likeness (QED) is 0.809. The predicted octanol–water partition coefficient (Wildman–Crippen LogP) is 3.00. The molecular weight excluding hydrogens is 365 g/mol. The van der Waals surface area contributed by atoms with Gasteiger partial charge in [0.1, 0.15) is 5.75 Å². The molecule has 0 bridgehead atoms. The Balaban J connectivity index is 1.76. The van der Waals surface area contributed by atoms with Crippen molar-refractivity contribution in [1.82, 2.24) is 5.32 Å². The van der Waals surface area contributed by atoms with Gasteiger partial charge in [-0.25, -0.2) is 0 Å². The highest BCUT2D eigenvalue weighted by molar-refractivity contribution is 6.35. The second-order valence-corrected chi connectivity index (χ2v) is 5.72. The van der Waals surface area contributed by atoms with E-state index in [1.807, 2.05) is 6.07 Å². The van der Waals surface area contributed by atoms with Gasteiger partial charge < -0.3 is 15.4 Å². The van der Waals surface area contributed by atoms with Gasteiger partial charge in [-0.15, -0.1) is 0 Å². The third-order valence-corrected chi connectivity index (χ3v) is 3.57. The van der Waals surface area contributed by atoms with Gasteiger partial charge in [-0.3, -0.25) is 9.59 Å². The molecule has 0 aliphatic carbocycles. The smallest absolute Gasteiger partial charge is 0.258 e. The summed E-state index contributed by atoms with van der Waals surface area (Å²) in [5, 5.41) is 14.4. The number of rotatable bonds is 6. The van der Waals surface area contributed by atoms with Crippen molar-refractivity contribution in [2.45, 2.75) is 0 Å². The summed E-state index contributed by atoms with van der Waals surface area (Å²) in [5.74, 6) is -0.461. The lowest BCUT2D eigenvalue weighted by molar-refractivity contribution is -0.125. The summed E-state index contributed by atoms with van der Waals surface area (Å²) in [4.78, 5) is 23.5. The molecule has 6 nitrogen and oxygen atoms in total. The lowest BCUT2D eigenvalue weighted by Crippen LogP contribution is -2.35. The van der Waals surface area contributed by atoms with E-state index in [1.165, 1.54) is 6.07 Å². The molecule has 0 aliphatic heterocycles. The highest BCUT2D eigenvalue weighted by Gasteiger charge is 2.09. The van der Waals surface area contributed by atoms with Crippen LogP contribution in [-0.4, -0.2) is 25.0 Å². The Labute approximate surface area is 154 Å². The van der Waals surface area contributed by atoms with Gasteiger partial charge in [0.25, 0.3) is 5.91 Å². The first-order chi connectivity index (χ1) is 12.0. The summed E-state index contributed by atoms with van der Waals surface area (Å²) in [5.41, 5.74) is 0.857. The highest BCUT2D eigenvalue weighted by Crippen LogP contribution is 2.25. The van der Waals surface area contributed by atoms with Crippen LogP contribution in [0.5, 0.6) is 5.75 Å². The van der Waals surface area contributed by atoms with Crippen molar-refractivity contribution < 1.29 is 14.3 Å². The first-order valence-corrected chi connectivity index (χ1v) is 7.88. The van der Waals surface area contributed by atoms with Gasteiger partial charge in [-0.2, -0.15) is 5.26 Å². The fourth-order valence-corrected chi connectivity index (χ4v) is 2.13. The largest absolute Gasteiger partial charge is 0.484 e. The summed E-state index contributed by atoms with van der Waals surface area (Å²) in [6.45, 7) is -0.491. The molecule has 2 N–H and O–H groups in total. The van der Waals surface area contributed by atoms with E-state index in [1.54, 1.807) is 36.4 Å². The van der Waals surface area contributed by atoms with E-state index in [0.29, 0.717) is 27.0 Å². The van der Waals surface area contributed by atoms with Crippen LogP contribution in [0.25, 0.3) is 0 Å². The summed E-state index contributed by atoms with van der Waals surface area (Å²) in [6.07, 6.45) is 0.